The van der Waals surface area contributed by atoms with Crippen molar-refractivity contribution in [3.05, 3.63) is 92.8 Å². The van der Waals surface area contributed by atoms with Crippen molar-refractivity contribution in [2.24, 2.45) is 0 Å². The number of allylic oxidation sites excluding steroid dienone is 1. The van der Waals surface area contributed by atoms with Crippen LogP contribution in [0, 0.1) is 24.5 Å². The van der Waals surface area contributed by atoms with Gasteiger partial charge in [0.15, 0.2) is 0 Å². The Balaban J connectivity index is 1.64. The van der Waals surface area contributed by atoms with Gasteiger partial charge in [-0.3, -0.25) is 4.79 Å². The summed E-state index contributed by atoms with van der Waals surface area (Å²) in [6.45, 7) is 14.6. The minimum absolute atomic E-state index is 0.0353. The number of nitriles is 1. The lowest BCUT2D eigenvalue weighted by molar-refractivity contribution is -0.122. The van der Waals surface area contributed by atoms with Gasteiger partial charge in [-0.1, -0.05) is 18.2 Å². The van der Waals surface area contributed by atoms with Crippen LogP contribution in [0.1, 0.15) is 4.88 Å². The lowest BCUT2D eigenvalue weighted by atomic mass is 10.1. The van der Waals surface area contributed by atoms with E-state index in [-0.39, 0.29) is 22.7 Å². The Kier molecular flexibility index (Phi) is 5.85. The maximum atomic E-state index is 12.7. The van der Waals surface area contributed by atoms with Gasteiger partial charge in [-0.2, -0.15) is 0 Å². The Morgan fingerprint density at radius 2 is 1.82 bits per heavy atom. The lowest BCUT2D eigenvalue weighted by Gasteiger charge is -2.12. The summed E-state index contributed by atoms with van der Waals surface area (Å²) in [5.41, 5.74) is 2.36. The van der Waals surface area contributed by atoms with Crippen LogP contribution in [0.25, 0.3) is 35.6 Å². The van der Waals surface area contributed by atoms with Gasteiger partial charge >= 0.3 is 0 Å². The van der Waals surface area contributed by atoms with Gasteiger partial charge in [-0.25, -0.2) is 15.0 Å². The molecule has 0 spiro atoms. The summed E-state index contributed by atoms with van der Waals surface area (Å²) in [5, 5.41) is 9.20. The van der Waals surface area contributed by atoms with Gasteiger partial charge in [0.2, 0.25) is 11.6 Å². The van der Waals surface area contributed by atoms with Crippen LogP contribution >= 0.6 is 22.7 Å². The number of nitrogens with zero attached hydrogens (tertiary/aromatic N) is 5. The van der Waals surface area contributed by atoms with Gasteiger partial charge in [-0.15, -0.1) is 22.7 Å². The third-order valence-electron chi connectivity index (χ3n) is 5.21. The fraction of sp³-hybridized carbons (Fsp3) is 0.120. The van der Waals surface area contributed by atoms with Crippen molar-refractivity contribution in [2.75, 3.05) is 26.0 Å². The summed E-state index contributed by atoms with van der Waals surface area (Å²) in [6, 6.07) is 14.5. The number of carbonyl (C=O) groups excluding carboxylic acids is 1. The van der Waals surface area contributed by atoms with Crippen molar-refractivity contribution >= 4 is 49.7 Å². The number of carbonyl (C=O) groups is 1. The average Bonchev–Trinajstić information content (AvgIpc) is 3.45. The predicted octanol–water partition coefficient (Wildman–Crippen LogP) is 6.01. The molecule has 2 aromatic heterocycles. The molecule has 0 bridgehead atoms. The van der Waals surface area contributed by atoms with Crippen LogP contribution in [0.2, 0.25) is 0 Å². The zero-order valence-corrected chi connectivity index (χ0v) is 19.7. The number of hydrogen-bond acceptors (Lipinski definition) is 5. The average molecular weight is 468 g/mol. The van der Waals surface area contributed by atoms with E-state index in [4.69, 9.17) is 13.1 Å². The van der Waals surface area contributed by atoms with Crippen LogP contribution in [0.5, 0.6) is 0 Å². The normalized spacial score (nSPS) is 15.2. The van der Waals surface area contributed by atoms with Crippen molar-refractivity contribution in [3.8, 4) is 16.5 Å². The first-order chi connectivity index (χ1) is 15.9. The molecule has 160 valence electrons. The molecule has 0 fully saturated rings. The number of fused-ring (bicyclic) bond motifs is 1. The van der Waals surface area contributed by atoms with Gasteiger partial charge in [0.05, 0.1) is 24.9 Å². The van der Waals surface area contributed by atoms with Crippen LogP contribution in [0.15, 0.2) is 65.1 Å². The molecule has 0 aliphatic carbocycles. The van der Waals surface area contributed by atoms with Crippen molar-refractivity contribution in [3.63, 3.8) is 0 Å². The Hall–Kier alpha value is -4.16. The van der Waals surface area contributed by atoms with Crippen LogP contribution < -0.4 is 4.90 Å². The number of likely N-dealkylation sites (N-methyl/N-ethyl adjacent to an activating group) is 1. The fourth-order valence-electron chi connectivity index (χ4n) is 3.50. The summed E-state index contributed by atoms with van der Waals surface area (Å²) in [4.78, 5) is 24.7. The number of hydrogen-bond donors (Lipinski definition) is 0. The molecule has 8 heteroatoms. The number of amides is 1. The van der Waals surface area contributed by atoms with Crippen LogP contribution in [0.3, 0.4) is 0 Å². The highest BCUT2D eigenvalue weighted by Crippen LogP contribution is 2.39. The van der Waals surface area contributed by atoms with E-state index >= 15 is 0 Å². The standard InChI is InChI=1S/C25H17N5OS2/c1-27-19(14-26)24-23(28-2)18(25(31)30(24)5)11-10-17-12-21-22(32-17)13-20(33-21)15-6-8-16(9-7-15)29(3)4/h6-13H,3-5H3/b11-10+,24-19+. The van der Waals surface area contributed by atoms with E-state index in [1.807, 2.05) is 20.2 Å². The van der Waals surface area contributed by atoms with E-state index in [9.17, 15) is 10.1 Å². The van der Waals surface area contributed by atoms with E-state index in [0.29, 0.717) is 0 Å². The van der Waals surface area contributed by atoms with Gasteiger partial charge < -0.3 is 9.80 Å². The number of benzene rings is 1. The molecule has 0 saturated carbocycles. The van der Waals surface area contributed by atoms with Crippen LogP contribution in [-0.4, -0.2) is 32.0 Å². The first kappa shape index (κ1) is 22.0. The highest BCUT2D eigenvalue weighted by molar-refractivity contribution is 7.29. The topological polar surface area (TPSA) is 56.1 Å². The molecule has 1 amide bonds. The van der Waals surface area contributed by atoms with E-state index in [1.165, 1.54) is 22.4 Å². The quantitative estimate of drug-likeness (QED) is 0.349. The molecule has 0 radical (unpaired) electrons. The molecule has 33 heavy (non-hydrogen) atoms. The minimum Gasteiger partial charge on any atom is -0.378 e. The maximum absolute atomic E-state index is 12.7. The van der Waals surface area contributed by atoms with Gasteiger partial charge in [0.1, 0.15) is 0 Å². The molecule has 0 unspecified atom stereocenters. The zero-order chi connectivity index (χ0) is 23.7. The summed E-state index contributed by atoms with van der Waals surface area (Å²) in [5.74, 6) is -0.398. The second-order valence-corrected chi connectivity index (χ2v) is 9.62. The Morgan fingerprint density at radius 1 is 1.12 bits per heavy atom. The third-order valence-corrected chi connectivity index (χ3v) is 7.52. The van der Waals surface area contributed by atoms with E-state index < -0.39 is 5.91 Å². The monoisotopic (exact) mass is 467 g/mol. The fourth-order valence-corrected chi connectivity index (χ4v) is 5.82. The molecule has 0 atom stereocenters. The predicted molar refractivity (Wildman–Crippen MR) is 134 cm³/mol. The molecular formula is C25H17N5OS2. The molecule has 1 aromatic carbocycles. The van der Waals surface area contributed by atoms with Gasteiger partial charge in [0.25, 0.3) is 5.70 Å². The highest BCUT2D eigenvalue weighted by Gasteiger charge is 2.34. The highest BCUT2D eigenvalue weighted by atomic mass is 32.1. The first-order valence-corrected chi connectivity index (χ1v) is 11.4. The number of anilines is 1. The second kappa shape index (κ2) is 8.76. The zero-order valence-electron chi connectivity index (χ0n) is 18.1. The summed E-state index contributed by atoms with van der Waals surface area (Å²) in [6.07, 6.45) is 3.41. The third kappa shape index (κ3) is 3.92. The van der Waals surface area contributed by atoms with Crippen molar-refractivity contribution < 1.29 is 4.79 Å². The summed E-state index contributed by atoms with van der Waals surface area (Å²) < 4.78 is 2.31. The molecule has 3 aromatic rings. The summed E-state index contributed by atoms with van der Waals surface area (Å²) in [7, 11) is 5.51. The van der Waals surface area contributed by atoms with E-state index in [1.54, 1.807) is 34.8 Å². The van der Waals surface area contributed by atoms with Gasteiger partial charge in [-0.05, 0) is 35.9 Å². The van der Waals surface area contributed by atoms with Crippen molar-refractivity contribution in [1.82, 2.24) is 4.90 Å². The molecule has 1 aliphatic rings. The van der Waals surface area contributed by atoms with Crippen LogP contribution in [0.4, 0.5) is 5.69 Å². The lowest BCUT2D eigenvalue weighted by Crippen LogP contribution is -2.21. The van der Waals surface area contributed by atoms with Crippen LogP contribution in [-0.2, 0) is 4.79 Å². The van der Waals surface area contributed by atoms with E-state index in [2.05, 4.69) is 51.0 Å². The second-order valence-electron chi connectivity index (χ2n) is 7.42. The molecular weight excluding hydrogens is 450 g/mol. The SMILES string of the molecule is [C-]#[N+]C1=C(/C=C/c2cc3sc(-c4ccc(N(C)C)cc4)cc3s2)C(=O)N(C)/C1=C(\C#N)[N+]#[C-]. The molecule has 0 N–H and O–H groups in total. The maximum Gasteiger partial charge on any atom is 0.274 e. The largest absolute Gasteiger partial charge is 0.378 e. The molecule has 6 nitrogen and oxygen atoms in total. The van der Waals surface area contributed by atoms with Crippen molar-refractivity contribution in [2.45, 2.75) is 0 Å². The molecule has 0 saturated heterocycles. The van der Waals surface area contributed by atoms with Crippen molar-refractivity contribution in [1.29, 1.82) is 5.26 Å². The first-order valence-electron chi connectivity index (χ1n) is 9.79. The van der Waals surface area contributed by atoms with Gasteiger partial charge in [0, 0.05) is 51.6 Å². The Bertz CT molecular complexity index is 1450. The molecule has 1 aliphatic heterocycles. The van der Waals surface area contributed by atoms with E-state index in [0.717, 1.165) is 20.0 Å². The minimum atomic E-state index is -0.398. The number of thiophene rings is 2. The smallest absolute Gasteiger partial charge is 0.274 e. The molecule has 3 heterocycles. The Morgan fingerprint density at radius 3 is 2.39 bits per heavy atom. The summed E-state index contributed by atoms with van der Waals surface area (Å²) >= 11 is 3.32. The Labute approximate surface area is 199 Å². The number of rotatable bonds is 4. The molecule has 4 rings (SSSR count).